The minimum Gasteiger partial charge on any atom is -0.473 e. The first-order valence-corrected chi connectivity index (χ1v) is 8.07. The maximum atomic E-state index is 12.2. The SMILES string of the molecule is CC(C)(C)OC(=S)SCC(=O)c1cc2ccccc2oc1=O. The number of hydrogen-bond acceptors (Lipinski definition) is 6. The summed E-state index contributed by atoms with van der Waals surface area (Å²) in [6.07, 6.45) is 0. The number of thioether (sulfide) groups is 1. The number of thiocarbonyl (C=S) groups is 1. The second-order valence-corrected chi connectivity index (χ2v) is 7.24. The molecule has 0 aliphatic heterocycles. The molecule has 22 heavy (non-hydrogen) atoms. The Hall–Kier alpha value is -1.66. The van der Waals surface area contributed by atoms with Crippen LogP contribution in [0.3, 0.4) is 0 Å². The summed E-state index contributed by atoms with van der Waals surface area (Å²) in [5, 5.41) is 0.712. The molecule has 1 heterocycles. The smallest absolute Gasteiger partial charge is 0.347 e. The van der Waals surface area contributed by atoms with Crippen LogP contribution in [-0.4, -0.2) is 21.5 Å². The number of fused-ring (bicyclic) bond motifs is 1. The van der Waals surface area contributed by atoms with Gasteiger partial charge in [0.1, 0.15) is 16.7 Å². The molecule has 116 valence electrons. The third-order valence-electron chi connectivity index (χ3n) is 2.65. The Morgan fingerprint density at radius 1 is 1.32 bits per heavy atom. The van der Waals surface area contributed by atoms with E-state index >= 15 is 0 Å². The van der Waals surface area contributed by atoms with Gasteiger partial charge in [-0.3, -0.25) is 4.79 Å². The topological polar surface area (TPSA) is 56.5 Å². The Morgan fingerprint density at radius 2 is 2.00 bits per heavy atom. The van der Waals surface area contributed by atoms with Gasteiger partial charge in [0, 0.05) is 5.39 Å². The molecule has 1 aromatic carbocycles. The van der Waals surface area contributed by atoms with E-state index in [0.29, 0.717) is 11.0 Å². The average molecular weight is 336 g/mol. The molecule has 0 N–H and O–H groups in total. The maximum Gasteiger partial charge on any atom is 0.347 e. The number of Topliss-reactive ketones (excluding diaryl/α,β-unsaturated/α-hetero) is 1. The predicted molar refractivity (Wildman–Crippen MR) is 92.7 cm³/mol. The van der Waals surface area contributed by atoms with Gasteiger partial charge in [0.25, 0.3) is 0 Å². The fourth-order valence-electron chi connectivity index (χ4n) is 1.74. The third-order valence-corrected chi connectivity index (χ3v) is 3.81. The Morgan fingerprint density at radius 3 is 2.68 bits per heavy atom. The highest BCUT2D eigenvalue weighted by molar-refractivity contribution is 8.23. The minimum atomic E-state index is -0.632. The maximum absolute atomic E-state index is 12.2. The van der Waals surface area contributed by atoms with Crippen LogP contribution < -0.4 is 5.63 Å². The van der Waals surface area contributed by atoms with E-state index in [2.05, 4.69) is 0 Å². The Balaban J connectivity index is 2.12. The summed E-state index contributed by atoms with van der Waals surface area (Å²) in [4.78, 5) is 24.1. The van der Waals surface area contributed by atoms with Gasteiger partial charge in [0.15, 0.2) is 5.78 Å². The molecule has 0 aliphatic rings. The fraction of sp³-hybridized carbons (Fsp3) is 0.312. The fourth-order valence-corrected chi connectivity index (χ4v) is 2.88. The first kappa shape index (κ1) is 16.7. The van der Waals surface area contributed by atoms with Crippen LogP contribution in [0.4, 0.5) is 0 Å². The zero-order valence-corrected chi connectivity index (χ0v) is 14.2. The number of hydrogen-bond donors (Lipinski definition) is 0. The highest BCUT2D eigenvalue weighted by Crippen LogP contribution is 2.17. The Labute approximate surface area is 137 Å². The van der Waals surface area contributed by atoms with E-state index in [0.717, 1.165) is 11.8 Å². The number of ketones is 1. The van der Waals surface area contributed by atoms with Gasteiger partial charge in [-0.05, 0) is 45.1 Å². The Bertz CT molecular complexity index is 772. The molecule has 0 bridgehead atoms. The van der Waals surface area contributed by atoms with Gasteiger partial charge < -0.3 is 9.15 Å². The van der Waals surface area contributed by atoms with Gasteiger partial charge in [-0.25, -0.2) is 4.79 Å². The number of para-hydroxylation sites is 1. The zero-order valence-electron chi connectivity index (χ0n) is 12.5. The van der Waals surface area contributed by atoms with Crippen LogP contribution >= 0.6 is 24.0 Å². The highest BCUT2D eigenvalue weighted by atomic mass is 32.2. The van der Waals surface area contributed by atoms with E-state index in [4.69, 9.17) is 21.4 Å². The zero-order chi connectivity index (χ0) is 16.3. The standard InChI is InChI=1S/C16H16O4S2/c1-16(2,3)20-15(21)22-9-12(17)11-8-10-6-4-5-7-13(10)19-14(11)18/h4-8H,9H2,1-3H3. The van der Waals surface area contributed by atoms with E-state index in [1.165, 1.54) is 0 Å². The van der Waals surface area contributed by atoms with Crippen molar-refractivity contribution in [2.75, 3.05) is 5.75 Å². The van der Waals surface area contributed by atoms with Crippen molar-refractivity contribution in [3.05, 3.63) is 46.3 Å². The van der Waals surface area contributed by atoms with Crippen molar-refractivity contribution in [1.82, 2.24) is 0 Å². The number of ether oxygens (including phenoxy) is 1. The number of rotatable bonds is 3. The molecule has 0 spiro atoms. The molecule has 0 fully saturated rings. The van der Waals surface area contributed by atoms with Crippen LogP contribution in [0.5, 0.6) is 0 Å². The number of carbonyl (C=O) groups excluding carboxylic acids is 1. The molecule has 0 saturated carbocycles. The molecular formula is C16H16O4S2. The van der Waals surface area contributed by atoms with Crippen LogP contribution in [0, 0.1) is 0 Å². The number of carbonyl (C=O) groups is 1. The highest BCUT2D eigenvalue weighted by Gasteiger charge is 2.18. The van der Waals surface area contributed by atoms with Crippen molar-refractivity contribution in [3.63, 3.8) is 0 Å². The van der Waals surface area contributed by atoms with Crippen molar-refractivity contribution >= 4 is 45.1 Å². The molecule has 0 atom stereocenters. The van der Waals surface area contributed by atoms with Crippen LogP contribution in [0.1, 0.15) is 31.1 Å². The van der Waals surface area contributed by atoms with Crippen LogP contribution in [0.25, 0.3) is 11.0 Å². The van der Waals surface area contributed by atoms with E-state index in [9.17, 15) is 9.59 Å². The van der Waals surface area contributed by atoms with E-state index in [1.54, 1.807) is 24.3 Å². The van der Waals surface area contributed by atoms with Crippen LogP contribution in [0.2, 0.25) is 0 Å². The summed E-state index contributed by atoms with van der Waals surface area (Å²) < 4.78 is 10.9. The van der Waals surface area contributed by atoms with E-state index < -0.39 is 11.2 Å². The summed E-state index contributed by atoms with van der Waals surface area (Å²) in [5.74, 6) is -0.290. The van der Waals surface area contributed by atoms with E-state index in [1.807, 2.05) is 26.8 Å². The summed E-state index contributed by atoms with van der Waals surface area (Å²) in [7, 11) is 0. The molecule has 4 nitrogen and oxygen atoms in total. The minimum absolute atomic E-state index is 0.0322. The second kappa shape index (κ2) is 6.62. The van der Waals surface area contributed by atoms with Gasteiger partial charge in [-0.15, -0.1) is 0 Å². The quantitative estimate of drug-likeness (QED) is 0.483. The number of benzene rings is 1. The first-order valence-electron chi connectivity index (χ1n) is 6.68. The molecule has 0 radical (unpaired) electrons. The first-order chi connectivity index (χ1) is 10.3. The molecule has 0 unspecified atom stereocenters. The van der Waals surface area contributed by atoms with Gasteiger partial charge in [0.2, 0.25) is 4.38 Å². The largest absolute Gasteiger partial charge is 0.473 e. The van der Waals surface area contributed by atoms with Crippen molar-refractivity contribution in [2.45, 2.75) is 26.4 Å². The second-order valence-electron chi connectivity index (χ2n) is 5.66. The lowest BCUT2D eigenvalue weighted by molar-refractivity contribution is 0.101. The molecule has 6 heteroatoms. The normalized spacial score (nSPS) is 11.4. The third kappa shape index (κ3) is 4.42. The molecular weight excluding hydrogens is 320 g/mol. The molecule has 2 rings (SSSR count). The predicted octanol–water partition coefficient (Wildman–Crippen LogP) is 3.81. The summed E-state index contributed by atoms with van der Waals surface area (Å²) in [6.45, 7) is 5.62. The van der Waals surface area contributed by atoms with E-state index in [-0.39, 0.29) is 21.5 Å². The van der Waals surface area contributed by atoms with Gasteiger partial charge in [-0.1, -0.05) is 30.0 Å². The van der Waals surface area contributed by atoms with Crippen LogP contribution in [0.15, 0.2) is 39.5 Å². The van der Waals surface area contributed by atoms with Gasteiger partial charge >= 0.3 is 5.63 Å². The van der Waals surface area contributed by atoms with Crippen molar-refractivity contribution in [1.29, 1.82) is 0 Å². The molecule has 2 aromatic rings. The summed E-state index contributed by atoms with van der Waals surface area (Å²) >= 11 is 6.17. The molecule has 0 aliphatic carbocycles. The van der Waals surface area contributed by atoms with Crippen LogP contribution in [-0.2, 0) is 4.74 Å². The monoisotopic (exact) mass is 336 g/mol. The van der Waals surface area contributed by atoms with Crippen molar-refractivity contribution in [3.8, 4) is 0 Å². The van der Waals surface area contributed by atoms with Crippen molar-refractivity contribution in [2.24, 2.45) is 0 Å². The van der Waals surface area contributed by atoms with Gasteiger partial charge in [-0.2, -0.15) is 0 Å². The van der Waals surface area contributed by atoms with Crippen molar-refractivity contribution < 1.29 is 13.9 Å². The molecule has 1 aromatic heterocycles. The lowest BCUT2D eigenvalue weighted by atomic mass is 10.1. The summed E-state index contributed by atoms with van der Waals surface area (Å²) in [6, 6.07) is 8.61. The van der Waals surface area contributed by atoms with Gasteiger partial charge in [0.05, 0.1) is 5.75 Å². The Kier molecular flexibility index (Phi) is 5.03. The molecule has 0 amide bonds. The molecule has 0 saturated heterocycles. The summed E-state index contributed by atoms with van der Waals surface area (Å²) in [5.41, 5.74) is -0.547. The lowest BCUT2D eigenvalue weighted by Crippen LogP contribution is -2.22. The lowest BCUT2D eigenvalue weighted by Gasteiger charge is -2.20. The average Bonchev–Trinajstić information content (AvgIpc) is 2.42.